The number of hydrogen-bond acceptors (Lipinski definition) is 8. The monoisotopic (exact) mass is 435 g/mol. The van der Waals surface area contributed by atoms with Gasteiger partial charge in [-0.15, -0.1) is 0 Å². The lowest BCUT2D eigenvalue weighted by Gasteiger charge is -2.29. The van der Waals surface area contributed by atoms with Gasteiger partial charge >= 0.3 is 0 Å². The van der Waals surface area contributed by atoms with E-state index in [0.29, 0.717) is 25.2 Å². The molecule has 170 valence electrons. The van der Waals surface area contributed by atoms with Crippen LogP contribution in [0.2, 0.25) is 0 Å². The van der Waals surface area contributed by atoms with E-state index < -0.39 is 36.1 Å². The van der Waals surface area contributed by atoms with Crippen LogP contribution in [0.15, 0.2) is 18.2 Å². The fourth-order valence-corrected chi connectivity index (χ4v) is 4.50. The zero-order valence-electron chi connectivity index (χ0n) is 18.2. The smallest absolute Gasteiger partial charge is 0.231 e. The van der Waals surface area contributed by atoms with Crippen molar-refractivity contribution in [3.63, 3.8) is 0 Å². The van der Waals surface area contributed by atoms with Crippen LogP contribution < -0.4 is 14.8 Å². The topological polar surface area (TPSA) is 93.7 Å². The van der Waals surface area contributed by atoms with Crippen molar-refractivity contribution in [1.82, 2.24) is 5.32 Å². The van der Waals surface area contributed by atoms with Crippen molar-refractivity contribution >= 4 is 5.91 Å². The Morgan fingerprint density at radius 1 is 1.03 bits per heavy atom. The summed E-state index contributed by atoms with van der Waals surface area (Å²) in [6, 6.07) is 5.32. The normalized spacial score (nSPS) is 34.6. The molecule has 1 N–H and O–H groups in total. The number of benzene rings is 1. The first-order chi connectivity index (χ1) is 14.7. The number of hydrogen-bond donors (Lipinski definition) is 1. The van der Waals surface area contributed by atoms with E-state index in [1.165, 1.54) is 0 Å². The molecule has 1 amide bonds. The third kappa shape index (κ3) is 4.25. The van der Waals surface area contributed by atoms with Crippen LogP contribution in [-0.4, -0.2) is 61.5 Å². The molecule has 31 heavy (non-hydrogen) atoms. The highest BCUT2D eigenvalue weighted by Gasteiger charge is 2.58. The second kappa shape index (κ2) is 7.60. The third-order valence-corrected chi connectivity index (χ3v) is 5.89. The minimum absolute atomic E-state index is 0.0941. The van der Waals surface area contributed by atoms with E-state index >= 15 is 0 Å². The molecular weight excluding hydrogens is 406 g/mol. The second-order valence-electron chi connectivity index (χ2n) is 9.22. The molecule has 0 bridgehead atoms. The van der Waals surface area contributed by atoms with Crippen LogP contribution in [0.5, 0.6) is 11.5 Å². The third-order valence-electron chi connectivity index (χ3n) is 5.89. The van der Waals surface area contributed by atoms with Crippen LogP contribution in [-0.2, 0) is 34.9 Å². The van der Waals surface area contributed by atoms with Gasteiger partial charge in [0.05, 0.1) is 12.6 Å². The van der Waals surface area contributed by atoms with E-state index in [-0.39, 0.29) is 18.8 Å². The second-order valence-corrected chi connectivity index (χ2v) is 9.22. The van der Waals surface area contributed by atoms with E-state index in [2.05, 4.69) is 5.32 Å². The highest BCUT2D eigenvalue weighted by molar-refractivity contribution is 5.76. The van der Waals surface area contributed by atoms with Gasteiger partial charge in [0.15, 0.2) is 29.4 Å². The first kappa shape index (κ1) is 21.0. The molecule has 5 atom stereocenters. The summed E-state index contributed by atoms with van der Waals surface area (Å²) in [7, 11) is 0. The maximum Gasteiger partial charge on any atom is 0.231 e. The molecule has 3 fully saturated rings. The molecule has 3 saturated heterocycles. The minimum atomic E-state index is -0.776. The summed E-state index contributed by atoms with van der Waals surface area (Å²) < 4.78 is 40.5. The molecule has 4 aliphatic rings. The minimum Gasteiger partial charge on any atom is -0.454 e. The number of ether oxygens (including phenoxy) is 7. The number of carbonyl (C=O) groups is 1. The summed E-state index contributed by atoms with van der Waals surface area (Å²) in [6.45, 7) is 7.99. The molecule has 0 saturated carbocycles. The molecule has 5 rings (SSSR count). The Balaban J connectivity index is 1.25. The van der Waals surface area contributed by atoms with Gasteiger partial charge in [0.2, 0.25) is 12.7 Å². The van der Waals surface area contributed by atoms with Gasteiger partial charge in [-0.25, -0.2) is 0 Å². The van der Waals surface area contributed by atoms with E-state index in [1.54, 1.807) is 0 Å². The van der Waals surface area contributed by atoms with Crippen molar-refractivity contribution in [3.8, 4) is 11.5 Å². The quantitative estimate of drug-likeness (QED) is 0.749. The van der Waals surface area contributed by atoms with Gasteiger partial charge in [-0.2, -0.15) is 0 Å². The van der Waals surface area contributed by atoms with Crippen LogP contribution >= 0.6 is 0 Å². The Labute approximate surface area is 181 Å². The number of carbonyl (C=O) groups excluding carboxylic acids is 1. The van der Waals surface area contributed by atoms with Crippen LogP contribution in [0.1, 0.15) is 39.7 Å². The highest BCUT2D eigenvalue weighted by Crippen LogP contribution is 2.40. The Morgan fingerprint density at radius 2 is 1.84 bits per heavy atom. The van der Waals surface area contributed by atoms with Gasteiger partial charge in [0.1, 0.15) is 18.3 Å². The van der Waals surface area contributed by atoms with Crippen molar-refractivity contribution in [1.29, 1.82) is 0 Å². The number of fused-ring (bicyclic) bond motifs is 2. The average Bonchev–Trinajstić information content (AvgIpc) is 3.43. The zero-order valence-corrected chi connectivity index (χ0v) is 18.2. The van der Waals surface area contributed by atoms with Crippen LogP contribution in [0.3, 0.4) is 0 Å². The lowest BCUT2D eigenvalue weighted by molar-refractivity contribution is -0.223. The van der Waals surface area contributed by atoms with Gasteiger partial charge in [-0.1, -0.05) is 6.07 Å². The summed E-state index contributed by atoms with van der Waals surface area (Å²) in [6.07, 6.45) is -0.836. The molecule has 4 aliphatic heterocycles. The van der Waals surface area contributed by atoms with Crippen molar-refractivity contribution < 1.29 is 38.0 Å². The summed E-state index contributed by atoms with van der Waals surface area (Å²) in [4.78, 5) is 12.9. The zero-order chi connectivity index (χ0) is 21.8. The molecule has 9 heteroatoms. The molecule has 0 spiro atoms. The first-order valence-corrected chi connectivity index (χ1v) is 10.7. The first-order valence-electron chi connectivity index (χ1n) is 10.7. The largest absolute Gasteiger partial charge is 0.454 e. The predicted octanol–water partition coefficient (Wildman–Crippen LogP) is 1.86. The molecule has 9 nitrogen and oxygen atoms in total. The van der Waals surface area contributed by atoms with Crippen molar-refractivity contribution in [2.24, 2.45) is 0 Å². The van der Waals surface area contributed by atoms with E-state index in [9.17, 15) is 4.79 Å². The van der Waals surface area contributed by atoms with E-state index in [1.807, 2.05) is 45.9 Å². The van der Waals surface area contributed by atoms with E-state index in [4.69, 9.17) is 33.2 Å². The lowest BCUT2D eigenvalue weighted by atomic mass is 10.0. The molecule has 0 unspecified atom stereocenters. The van der Waals surface area contributed by atoms with Crippen LogP contribution in [0.25, 0.3) is 0 Å². The SMILES string of the molecule is CC1(C)O[C@H]2O[C@H]([C@H]3COC(C)(C)O3)[C@H](NC(=O)CCc3ccc4c(c3)OCO4)[C@H]2O1. The molecule has 1 aromatic carbocycles. The molecular formula is C22H29NO8. The Bertz CT molecular complexity index is 856. The fraction of sp³-hybridized carbons (Fsp3) is 0.682. The van der Waals surface area contributed by atoms with Crippen molar-refractivity contribution in [3.05, 3.63) is 23.8 Å². The number of aryl methyl sites for hydroxylation is 1. The summed E-state index contributed by atoms with van der Waals surface area (Å²) >= 11 is 0. The number of rotatable bonds is 5. The Morgan fingerprint density at radius 3 is 2.61 bits per heavy atom. The van der Waals surface area contributed by atoms with Gasteiger partial charge in [0.25, 0.3) is 0 Å². The highest BCUT2D eigenvalue weighted by atomic mass is 16.8. The summed E-state index contributed by atoms with van der Waals surface area (Å²) in [5.74, 6) is -0.121. The average molecular weight is 435 g/mol. The summed E-state index contributed by atoms with van der Waals surface area (Å²) in [5, 5.41) is 3.10. The predicted molar refractivity (Wildman–Crippen MR) is 106 cm³/mol. The molecule has 1 aromatic rings. The maximum absolute atomic E-state index is 12.9. The number of nitrogens with one attached hydrogen (secondary N) is 1. The molecule has 4 heterocycles. The standard InChI is InChI=1S/C22H29NO8/c1-21(2)27-10-15(29-21)18-17(19-20(28-18)31-22(3,4)30-19)23-16(24)8-6-12-5-7-13-14(9-12)26-11-25-13/h5,7,9,15,17-20H,6,8,10-11H2,1-4H3,(H,23,24)/t15-,17+,18-,19-,20-/m1/s1. The van der Waals surface area contributed by atoms with Gasteiger partial charge in [-0.05, 0) is 51.8 Å². The number of amides is 1. The van der Waals surface area contributed by atoms with Crippen LogP contribution in [0.4, 0.5) is 0 Å². The summed E-state index contributed by atoms with van der Waals surface area (Å²) in [5.41, 5.74) is 1.01. The van der Waals surface area contributed by atoms with Gasteiger partial charge in [-0.3, -0.25) is 4.79 Å². The molecule has 0 aromatic heterocycles. The lowest BCUT2D eigenvalue weighted by Crippen LogP contribution is -2.52. The van der Waals surface area contributed by atoms with Gasteiger partial charge < -0.3 is 38.5 Å². The molecule has 0 aliphatic carbocycles. The Kier molecular flexibility index (Phi) is 5.14. The van der Waals surface area contributed by atoms with Crippen LogP contribution in [0, 0.1) is 0 Å². The maximum atomic E-state index is 12.9. The van der Waals surface area contributed by atoms with Crippen molar-refractivity contribution in [2.75, 3.05) is 13.4 Å². The van der Waals surface area contributed by atoms with Gasteiger partial charge in [0, 0.05) is 6.42 Å². The Hall–Kier alpha value is -1.91. The fourth-order valence-electron chi connectivity index (χ4n) is 4.50. The van der Waals surface area contributed by atoms with Crippen molar-refractivity contribution in [2.45, 2.75) is 82.8 Å². The molecule has 0 radical (unpaired) electrons. The van der Waals surface area contributed by atoms with E-state index in [0.717, 1.165) is 11.3 Å².